The van der Waals surface area contributed by atoms with Crippen molar-refractivity contribution in [3.63, 3.8) is 0 Å². The molecule has 0 radical (unpaired) electrons. The molecule has 1 aliphatic rings. The zero-order valence-electron chi connectivity index (χ0n) is 14.9. The molecule has 0 aliphatic carbocycles. The number of halogens is 1. The van der Waals surface area contributed by atoms with Crippen LogP contribution < -0.4 is 4.74 Å². The van der Waals surface area contributed by atoms with Crippen molar-refractivity contribution in [2.75, 3.05) is 6.54 Å². The Labute approximate surface area is 157 Å². The quantitative estimate of drug-likeness (QED) is 0.740. The second-order valence-electron chi connectivity index (χ2n) is 6.86. The summed E-state index contributed by atoms with van der Waals surface area (Å²) in [6.07, 6.45) is 0.289. The molecule has 4 nitrogen and oxygen atoms in total. The molecule has 4 rings (SSSR count). The summed E-state index contributed by atoms with van der Waals surface area (Å²) in [5, 5.41) is 1.80. The lowest BCUT2D eigenvalue weighted by molar-refractivity contribution is -0.138. The predicted molar refractivity (Wildman–Crippen MR) is 104 cm³/mol. The Balaban J connectivity index is 1.53. The molecule has 0 fully saturated rings. The van der Waals surface area contributed by atoms with Crippen LogP contribution in [0.15, 0.2) is 42.5 Å². The van der Waals surface area contributed by atoms with E-state index in [-0.39, 0.29) is 5.91 Å². The number of aryl methyl sites for hydroxylation is 1. The maximum Gasteiger partial charge on any atom is 0.263 e. The molecular weight excluding hydrogens is 348 g/mol. The monoisotopic (exact) mass is 368 g/mol. The van der Waals surface area contributed by atoms with Gasteiger partial charge in [-0.25, -0.2) is 0 Å². The van der Waals surface area contributed by atoms with Crippen LogP contribution in [0.1, 0.15) is 23.7 Å². The fraction of sp³-hybridized carbons (Fsp3) is 0.286. The van der Waals surface area contributed by atoms with E-state index in [1.807, 2.05) is 61.2 Å². The second-order valence-corrected chi connectivity index (χ2v) is 7.29. The van der Waals surface area contributed by atoms with Crippen LogP contribution >= 0.6 is 11.6 Å². The van der Waals surface area contributed by atoms with Gasteiger partial charge in [-0.3, -0.25) is 4.79 Å². The summed E-state index contributed by atoms with van der Waals surface area (Å²) in [6.45, 7) is 5.09. The molecule has 26 heavy (non-hydrogen) atoms. The van der Waals surface area contributed by atoms with Crippen LogP contribution in [0.4, 0.5) is 0 Å². The second kappa shape index (κ2) is 6.69. The summed E-state index contributed by atoms with van der Waals surface area (Å²) in [5.41, 5.74) is 4.53. The van der Waals surface area contributed by atoms with Gasteiger partial charge in [0.1, 0.15) is 5.75 Å². The summed E-state index contributed by atoms with van der Waals surface area (Å²) >= 11 is 6.16. The van der Waals surface area contributed by atoms with Crippen molar-refractivity contribution in [1.82, 2.24) is 9.88 Å². The number of benzene rings is 2. The Morgan fingerprint density at radius 1 is 1.27 bits per heavy atom. The van der Waals surface area contributed by atoms with Gasteiger partial charge in [-0.1, -0.05) is 23.7 Å². The normalized spacial score (nSPS) is 15.0. The van der Waals surface area contributed by atoms with E-state index in [4.69, 9.17) is 16.3 Å². The first-order chi connectivity index (χ1) is 12.5. The van der Waals surface area contributed by atoms with Crippen LogP contribution in [0.25, 0.3) is 10.9 Å². The number of hydrogen-bond acceptors (Lipinski definition) is 2. The van der Waals surface area contributed by atoms with Crippen molar-refractivity contribution < 1.29 is 9.53 Å². The van der Waals surface area contributed by atoms with Gasteiger partial charge in [0.05, 0.1) is 0 Å². The highest BCUT2D eigenvalue weighted by Crippen LogP contribution is 2.30. The average Bonchev–Trinajstić information content (AvgIpc) is 2.98. The molecule has 2 aromatic carbocycles. The van der Waals surface area contributed by atoms with E-state index in [1.165, 1.54) is 5.69 Å². The van der Waals surface area contributed by atoms with Crippen molar-refractivity contribution in [1.29, 1.82) is 0 Å². The maximum absolute atomic E-state index is 12.9. The molecule has 3 aromatic rings. The van der Waals surface area contributed by atoms with Crippen molar-refractivity contribution >= 4 is 28.4 Å². The summed E-state index contributed by atoms with van der Waals surface area (Å²) < 4.78 is 5.87. The molecule has 5 heteroatoms. The summed E-state index contributed by atoms with van der Waals surface area (Å²) in [6, 6.07) is 13.6. The summed E-state index contributed by atoms with van der Waals surface area (Å²) in [5.74, 6) is 0.732. The average molecular weight is 369 g/mol. The standard InChI is InChI=1S/C21H21ClN2O2/c1-13-4-3-5-16(10-13)26-14(2)21(25)24-9-8-20-18(12-24)17-11-15(22)6-7-19(17)23-20/h3-7,10-11,14,23H,8-9,12H2,1-2H3. The van der Waals surface area contributed by atoms with Crippen molar-refractivity contribution in [3.8, 4) is 5.75 Å². The molecular formula is C21H21ClN2O2. The van der Waals surface area contributed by atoms with Crippen LogP contribution in [-0.2, 0) is 17.8 Å². The number of carbonyl (C=O) groups excluding carboxylic acids is 1. The van der Waals surface area contributed by atoms with E-state index in [2.05, 4.69) is 4.98 Å². The third-order valence-corrected chi connectivity index (χ3v) is 5.13. The van der Waals surface area contributed by atoms with E-state index in [1.54, 1.807) is 0 Å². The Morgan fingerprint density at radius 2 is 2.12 bits per heavy atom. The largest absolute Gasteiger partial charge is 0.481 e. The number of H-pyrrole nitrogens is 1. The third kappa shape index (κ3) is 3.17. The van der Waals surface area contributed by atoms with E-state index >= 15 is 0 Å². The third-order valence-electron chi connectivity index (χ3n) is 4.90. The first kappa shape index (κ1) is 17.0. The summed E-state index contributed by atoms with van der Waals surface area (Å²) in [4.78, 5) is 18.2. The van der Waals surface area contributed by atoms with E-state index < -0.39 is 6.10 Å². The molecule has 1 aromatic heterocycles. The molecule has 0 saturated heterocycles. The van der Waals surface area contributed by atoms with Crippen LogP contribution in [0, 0.1) is 6.92 Å². The number of carbonyl (C=O) groups is 1. The van der Waals surface area contributed by atoms with Gasteiger partial charge in [-0.05, 0) is 49.7 Å². The Kier molecular flexibility index (Phi) is 4.37. The van der Waals surface area contributed by atoms with Gasteiger partial charge in [0, 0.05) is 46.7 Å². The number of rotatable bonds is 3. The van der Waals surface area contributed by atoms with Crippen LogP contribution in [0.2, 0.25) is 5.02 Å². The van der Waals surface area contributed by atoms with Crippen LogP contribution in [0.3, 0.4) is 0 Å². The lowest BCUT2D eigenvalue weighted by atomic mass is 10.0. The molecule has 1 unspecified atom stereocenters. The lowest BCUT2D eigenvalue weighted by Gasteiger charge is -2.29. The number of nitrogens with one attached hydrogen (secondary N) is 1. The first-order valence-corrected chi connectivity index (χ1v) is 9.20. The van der Waals surface area contributed by atoms with Gasteiger partial charge in [-0.15, -0.1) is 0 Å². The van der Waals surface area contributed by atoms with Gasteiger partial charge >= 0.3 is 0 Å². The van der Waals surface area contributed by atoms with Gasteiger partial charge < -0.3 is 14.6 Å². The van der Waals surface area contributed by atoms with Crippen molar-refractivity contribution in [3.05, 3.63) is 64.3 Å². The number of aromatic nitrogens is 1. The van der Waals surface area contributed by atoms with Gasteiger partial charge in [0.25, 0.3) is 5.91 Å². The van der Waals surface area contributed by atoms with E-state index in [0.717, 1.165) is 34.2 Å². The molecule has 0 saturated carbocycles. The zero-order chi connectivity index (χ0) is 18.3. The molecule has 1 amide bonds. The topological polar surface area (TPSA) is 45.3 Å². The fourth-order valence-electron chi connectivity index (χ4n) is 3.57. The van der Waals surface area contributed by atoms with Gasteiger partial charge in [0.15, 0.2) is 6.10 Å². The highest BCUT2D eigenvalue weighted by molar-refractivity contribution is 6.31. The van der Waals surface area contributed by atoms with Crippen molar-refractivity contribution in [2.24, 2.45) is 0 Å². The molecule has 1 aliphatic heterocycles. The first-order valence-electron chi connectivity index (χ1n) is 8.82. The number of hydrogen-bond donors (Lipinski definition) is 1. The molecule has 2 heterocycles. The predicted octanol–water partition coefficient (Wildman–Crippen LogP) is 4.48. The number of ether oxygens (including phenoxy) is 1. The molecule has 0 bridgehead atoms. The fourth-order valence-corrected chi connectivity index (χ4v) is 3.75. The highest BCUT2D eigenvalue weighted by Gasteiger charge is 2.28. The van der Waals surface area contributed by atoms with E-state index in [0.29, 0.717) is 18.1 Å². The minimum absolute atomic E-state index is 0.00790. The summed E-state index contributed by atoms with van der Waals surface area (Å²) in [7, 11) is 0. The Bertz CT molecular complexity index is 979. The Hall–Kier alpha value is -2.46. The Morgan fingerprint density at radius 3 is 2.92 bits per heavy atom. The number of aromatic amines is 1. The van der Waals surface area contributed by atoms with Gasteiger partial charge in [-0.2, -0.15) is 0 Å². The SMILES string of the molecule is Cc1cccc(OC(C)C(=O)N2CCc3[nH]c4ccc(Cl)cc4c3C2)c1. The number of fused-ring (bicyclic) bond motifs is 3. The van der Waals surface area contributed by atoms with Crippen LogP contribution in [-0.4, -0.2) is 28.4 Å². The maximum atomic E-state index is 12.9. The zero-order valence-corrected chi connectivity index (χ0v) is 15.6. The van der Waals surface area contributed by atoms with Crippen LogP contribution in [0.5, 0.6) is 5.75 Å². The molecule has 1 atom stereocenters. The number of nitrogens with zero attached hydrogens (tertiary/aromatic N) is 1. The molecule has 0 spiro atoms. The smallest absolute Gasteiger partial charge is 0.263 e. The molecule has 1 N–H and O–H groups in total. The lowest BCUT2D eigenvalue weighted by Crippen LogP contribution is -2.43. The van der Waals surface area contributed by atoms with Crippen molar-refractivity contribution in [2.45, 2.75) is 32.9 Å². The molecule has 134 valence electrons. The minimum Gasteiger partial charge on any atom is -0.481 e. The van der Waals surface area contributed by atoms with E-state index in [9.17, 15) is 4.79 Å². The minimum atomic E-state index is -0.521. The number of amides is 1. The van der Waals surface area contributed by atoms with Gasteiger partial charge in [0.2, 0.25) is 0 Å². The highest BCUT2D eigenvalue weighted by atomic mass is 35.5.